The largest absolute Gasteiger partial charge is 0.419 e. The number of nitrogens with zero attached hydrogens (tertiary/aromatic N) is 2. The summed E-state index contributed by atoms with van der Waals surface area (Å²) in [5, 5.41) is -0.181. The molecule has 1 aliphatic heterocycles. The second kappa shape index (κ2) is 9.95. The van der Waals surface area contributed by atoms with Gasteiger partial charge in [0.2, 0.25) is 26.6 Å². The smallest absolute Gasteiger partial charge is 0.236 e. The van der Waals surface area contributed by atoms with Gasteiger partial charge in [-0.05, 0) is 67.1 Å². The molecule has 35 heavy (non-hydrogen) atoms. The number of sulfone groups is 1. The van der Waals surface area contributed by atoms with E-state index in [2.05, 4.69) is 33.0 Å². The number of oxazole rings is 1. The number of benzene rings is 3. The molecule has 0 amide bonds. The molecule has 0 spiro atoms. The van der Waals surface area contributed by atoms with Crippen molar-refractivity contribution in [3.8, 4) is 11.5 Å². The molecule has 8 heteroatoms. The Morgan fingerprint density at radius 3 is 2.29 bits per heavy atom. The fourth-order valence-electron chi connectivity index (χ4n) is 4.44. The van der Waals surface area contributed by atoms with Crippen LogP contribution in [0.25, 0.3) is 11.5 Å². The van der Waals surface area contributed by atoms with E-state index in [1.165, 1.54) is 29.8 Å². The molecule has 1 aliphatic rings. The van der Waals surface area contributed by atoms with E-state index in [1.54, 1.807) is 24.3 Å². The number of hydrogen-bond donors (Lipinski definition) is 0. The molecule has 5 rings (SSSR count). The average molecular weight is 555 g/mol. The highest BCUT2D eigenvalue weighted by molar-refractivity contribution is 9.10. The summed E-state index contributed by atoms with van der Waals surface area (Å²) in [6.07, 6.45) is 2.76. The van der Waals surface area contributed by atoms with Crippen LogP contribution in [0.5, 0.6) is 0 Å². The number of rotatable bonds is 6. The van der Waals surface area contributed by atoms with Crippen molar-refractivity contribution in [2.24, 2.45) is 5.92 Å². The van der Waals surface area contributed by atoms with Gasteiger partial charge in [0.15, 0.2) is 0 Å². The van der Waals surface area contributed by atoms with E-state index < -0.39 is 15.7 Å². The van der Waals surface area contributed by atoms with Crippen molar-refractivity contribution in [3.05, 3.63) is 94.7 Å². The quantitative estimate of drug-likeness (QED) is 0.271. The standard InChI is InChI=1S/C27H24BrFN2O3S/c28-21-10-12-22(13-11-21)35(32,33)26-27(34-25(30-26)23-8-4-5-9-24(23)29)31-16-14-20(15-17-31)18-19-6-2-1-3-7-19/h1-13,20H,14-18H2. The first-order chi connectivity index (χ1) is 16.9. The minimum Gasteiger partial charge on any atom is -0.419 e. The molecule has 1 saturated heterocycles. The van der Waals surface area contributed by atoms with Gasteiger partial charge in [-0.15, -0.1) is 0 Å². The highest BCUT2D eigenvalue weighted by Gasteiger charge is 2.33. The van der Waals surface area contributed by atoms with E-state index in [0.29, 0.717) is 19.0 Å². The van der Waals surface area contributed by atoms with Gasteiger partial charge in [0, 0.05) is 17.6 Å². The third-order valence-corrected chi connectivity index (χ3v) is 8.53. The van der Waals surface area contributed by atoms with Crippen LogP contribution >= 0.6 is 15.9 Å². The van der Waals surface area contributed by atoms with Crippen LogP contribution in [-0.4, -0.2) is 26.5 Å². The normalized spacial score (nSPS) is 14.9. The first-order valence-electron chi connectivity index (χ1n) is 11.5. The molecule has 1 fully saturated rings. The molecule has 0 aliphatic carbocycles. The fraction of sp³-hybridized carbons (Fsp3) is 0.222. The van der Waals surface area contributed by atoms with E-state index >= 15 is 0 Å². The Kier molecular flexibility index (Phi) is 6.75. The minimum absolute atomic E-state index is 0.0415. The highest BCUT2D eigenvalue weighted by atomic mass is 79.9. The molecule has 0 unspecified atom stereocenters. The molecule has 2 heterocycles. The van der Waals surface area contributed by atoms with Gasteiger partial charge in [-0.2, -0.15) is 4.98 Å². The lowest BCUT2D eigenvalue weighted by atomic mass is 9.90. The van der Waals surface area contributed by atoms with Crippen LogP contribution in [0, 0.1) is 11.7 Å². The zero-order valence-corrected chi connectivity index (χ0v) is 21.3. The van der Waals surface area contributed by atoms with Gasteiger partial charge in [0.1, 0.15) is 5.82 Å². The van der Waals surface area contributed by atoms with Crippen LogP contribution in [0.3, 0.4) is 0 Å². The number of halogens is 2. The van der Waals surface area contributed by atoms with Gasteiger partial charge in [-0.1, -0.05) is 58.4 Å². The van der Waals surface area contributed by atoms with Crippen molar-refractivity contribution in [3.63, 3.8) is 0 Å². The number of piperidine rings is 1. The van der Waals surface area contributed by atoms with Crippen LogP contribution in [-0.2, 0) is 16.3 Å². The minimum atomic E-state index is -3.99. The Bertz CT molecular complexity index is 1410. The Labute approximate surface area is 212 Å². The van der Waals surface area contributed by atoms with Crippen molar-refractivity contribution in [1.82, 2.24) is 4.98 Å². The summed E-state index contributed by atoms with van der Waals surface area (Å²) in [5.74, 6) is 0.105. The van der Waals surface area contributed by atoms with Crippen molar-refractivity contribution in [2.45, 2.75) is 29.2 Å². The molecule has 3 aromatic carbocycles. The molecular formula is C27H24BrFN2O3S. The Morgan fingerprint density at radius 1 is 0.943 bits per heavy atom. The number of anilines is 1. The first-order valence-corrected chi connectivity index (χ1v) is 13.7. The van der Waals surface area contributed by atoms with Crippen LogP contribution < -0.4 is 4.90 Å². The van der Waals surface area contributed by atoms with Gasteiger partial charge in [-0.3, -0.25) is 0 Å². The molecule has 5 nitrogen and oxygen atoms in total. The van der Waals surface area contributed by atoms with E-state index in [0.717, 1.165) is 23.7 Å². The van der Waals surface area contributed by atoms with Crippen molar-refractivity contribution >= 4 is 31.7 Å². The summed E-state index contributed by atoms with van der Waals surface area (Å²) in [4.78, 5) is 6.35. The van der Waals surface area contributed by atoms with Gasteiger partial charge in [0.25, 0.3) is 0 Å². The lowest BCUT2D eigenvalue weighted by Crippen LogP contribution is -2.34. The third kappa shape index (κ3) is 5.04. The molecule has 0 radical (unpaired) electrons. The Balaban J connectivity index is 1.48. The SMILES string of the molecule is O=S(=O)(c1ccc(Br)cc1)c1nc(-c2ccccc2F)oc1N1CCC(Cc2ccccc2)CC1. The molecule has 4 aromatic rings. The summed E-state index contributed by atoms with van der Waals surface area (Å²) >= 11 is 3.34. The third-order valence-electron chi connectivity index (χ3n) is 6.33. The molecule has 0 saturated carbocycles. The highest BCUT2D eigenvalue weighted by Crippen LogP contribution is 2.37. The second-order valence-electron chi connectivity index (χ2n) is 8.69. The second-order valence-corrected chi connectivity index (χ2v) is 11.5. The molecule has 1 aromatic heterocycles. The fourth-order valence-corrected chi connectivity index (χ4v) is 6.02. The van der Waals surface area contributed by atoms with Crippen molar-refractivity contribution in [2.75, 3.05) is 18.0 Å². The average Bonchev–Trinajstić information content (AvgIpc) is 3.32. The lowest BCUT2D eigenvalue weighted by Gasteiger charge is -2.32. The van der Waals surface area contributed by atoms with Gasteiger partial charge < -0.3 is 9.32 Å². The Morgan fingerprint density at radius 2 is 1.60 bits per heavy atom. The molecular weight excluding hydrogens is 531 g/mol. The van der Waals surface area contributed by atoms with Crippen LogP contribution in [0.15, 0.2) is 97.7 Å². The summed E-state index contributed by atoms with van der Waals surface area (Å²) in [6.45, 7) is 1.26. The molecule has 0 atom stereocenters. The Hall–Kier alpha value is -2.97. The summed E-state index contributed by atoms with van der Waals surface area (Å²) in [7, 11) is -3.99. The van der Waals surface area contributed by atoms with Crippen molar-refractivity contribution < 1.29 is 17.2 Å². The zero-order valence-electron chi connectivity index (χ0n) is 18.9. The monoisotopic (exact) mass is 554 g/mol. The van der Waals surface area contributed by atoms with Crippen LogP contribution in [0.2, 0.25) is 0 Å². The number of aromatic nitrogens is 1. The van der Waals surface area contributed by atoms with E-state index in [1.807, 2.05) is 23.1 Å². The van der Waals surface area contributed by atoms with E-state index in [-0.39, 0.29) is 27.3 Å². The predicted molar refractivity (Wildman–Crippen MR) is 137 cm³/mol. The lowest BCUT2D eigenvalue weighted by molar-refractivity contribution is 0.387. The van der Waals surface area contributed by atoms with Crippen LogP contribution in [0.4, 0.5) is 10.3 Å². The summed E-state index contributed by atoms with van der Waals surface area (Å²) < 4.78 is 48.4. The number of hydrogen-bond acceptors (Lipinski definition) is 5. The van der Waals surface area contributed by atoms with Gasteiger partial charge >= 0.3 is 0 Å². The first kappa shape index (κ1) is 23.8. The molecule has 0 N–H and O–H groups in total. The summed E-state index contributed by atoms with van der Waals surface area (Å²) in [5.41, 5.74) is 1.43. The maximum absolute atomic E-state index is 14.5. The maximum Gasteiger partial charge on any atom is 0.236 e. The maximum atomic E-state index is 14.5. The van der Waals surface area contributed by atoms with Crippen LogP contribution in [0.1, 0.15) is 18.4 Å². The van der Waals surface area contributed by atoms with E-state index in [9.17, 15) is 12.8 Å². The van der Waals surface area contributed by atoms with Crippen molar-refractivity contribution in [1.29, 1.82) is 0 Å². The molecule has 180 valence electrons. The predicted octanol–water partition coefficient (Wildman–Crippen LogP) is 6.54. The van der Waals surface area contributed by atoms with Gasteiger partial charge in [-0.25, -0.2) is 12.8 Å². The van der Waals surface area contributed by atoms with E-state index in [4.69, 9.17) is 4.42 Å². The topological polar surface area (TPSA) is 63.4 Å². The van der Waals surface area contributed by atoms with Gasteiger partial charge in [0.05, 0.1) is 10.5 Å². The zero-order chi connectivity index (χ0) is 24.4. The summed E-state index contributed by atoms with van der Waals surface area (Å²) in [6, 6.07) is 22.8. The molecule has 0 bridgehead atoms.